The highest BCUT2D eigenvalue weighted by Gasteiger charge is 2.15. The SMILES string of the molecule is CNC(COc1ccc(C(C)C)c(C)c1)C(=O)O. The topological polar surface area (TPSA) is 58.6 Å². The molecule has 0 aliphatic heterocycles. The molecule has 0 saturated carbocycles. The molecule has 0 aliphatic rings. The number of aliphatic carboxylic acids is 1. The summed E-state index contributed by atoms with van der Waals surface area (Å²) < 4.78 is 5.49. The van der Waals surface area contributed by atoms with Crippen molar-refractivity contribution in [3.05, 3.63) is 29.3 Å². The lowest BCUT2D eigenvalue weighted by Crippen LogP contribution is -2.39. The van der Waals surface area contributed by atoms with Crippen LogP contribution < -0.4 is 10.1 Å². The van der Waals surface area contributed by atoms with Crippen LogP contribution in [0.4, 0.5) is 0 Å². The molecule has 1 aromatic rings. The molecule has 1 unspecified atom stereocenters. The zero-order valence-electron chi connectivity index (χ0n) is 11.4. The number of likely N-dealkylation sites (N-methyl/N-ethyl adjacent to an activating group) is 1. The van der Waals surface area contributed by atoms with Crippen molar-refractivity contribution in [2.75, 3.05) is 13.7 Å². The number of carbonyl (C=O) groups is 1. The summed E-state index contributed by atoms with van der Waals surface area (Å²) in [7, 11) is 1.61. The van der Waals surface area contributed by atoms with Gasteiger partial charge in [0.2, 0.25) is 0 Å². The third kappa shape index (κ3) is 3.74. The minimum atomic E-state index is -0.909. The number of hydrogen-bond donors (Lipinski definition) is 2. The molecule has 4 nitrogen and oxygen atoms in total. The van der Waals surface area contributed by atoms with Gasteiger partial charge in [-0.2, -0.15) is 0 Å². The van der Waals surface area contributed by atoms with Crippen molar-refractivity contribution in [3.8, 4) is 5.75 Å². The molecule has 0 bridgehead atoms. The molecule has 0 aromatic heterocycles. The number of hydrogen-bond acceptors (Lipinski definition) is 3. The Bertz CT molecular complexity index is 416. The predicted molar refractivity (Wildman–Crippen MR) is 71.2 cm³/mol. The number of carboxylic acid groups (broad SMARTS) is 1. The smallest absolute Gasteiger partial charge is 0.324 e. The van der Waals surface area contributed by atoms with Gasteiger partial charge >= 0.3 is 5.97 Å². The summed E-state index contributed by atoms with van der Waals surface area (Å²) in [5.74, 6) is 0.273. The molecule has 18 heavy (non-hydrogen) atoms. The van der Waals surface area contributed by atoms with E-state index in [1.165, 1.54) is 11.1 Å². The molecule has 1 atom stereocenters. The van der Waals surface area contributed by atoms with Crippen LogP contribution in [0.5, 0.6) is 5.75 Å². The summed E-state index contributed by atoms with van der Waals surface area (Å²) in [4.78, 5) is 10.8. The van der Waals surface area contributed by atoms with Gasteiger partial charge in [-0.3, -0.25) is 4.79 Å². The lowest BCUT2D eigenvalue weighted by Gasteiger charge is -2.15. The van der Waals surface area contributed by atoms with Gasteiger partial charge in [0.15, 0.2) is 0 Å². The summed E-state index contributed by atoms with van der Waals surface area (Å²) in [6.45, 7) is 6.44. The Balaban J connectivity index is 2.69. The Labute approximate surface area is 108 Å². The maximum atomic E-state index is 10.8. The number of rotatable bonds is 6. The number of carboxylic acids is 1. The fraction of sp³-hybridized carbons (Fsp3) is 0.500. The van der Waals surface area contributed by atoms with Gasteiger partial charge in [0.1, 0.15) is 18.4 Å². The molecule has 0 heterocycles. The standard InChI is InChI=1S/C14H21NO3/c1-9(2)12-6-5-11(7-10(12)3)18-8-13(15-4)14(16)17/h5-7,9,13,15H,8H2,1-4H3,(H,16,17). The molecule has 0 saturated heterocycles. The quantitative estimate of drug-likeness (QED) is 0.813. The van der Waals surface area contributed by atoms with Crippen LogP contribution in [0.15, 0.2) is 18.2 Å². The largest absolute Gasteiger partial charge is 0.491 e. The van der Waals surface area contributed by atoms with Gasteiger partial charge in [0.25, 0.3) is 0 Å². The van der Waals surface area contributed by atoms with Gasteiger partial charge < -0.3 is 15.2 Å². The molecule has 0 radical (unpaired) electrons. The Morgan fingerprint density at radius 2 is 2.11 bits per heavy atom. The summed E-state index contributed by atoms with van der Waals surface area (Å²) >= 11 is 0. The van der Waals surface area contributed by atoms with E-state index in [0.717, 1.165) is 0 Å². The number of nitrogens with one attached hydrogen (secondary N) is 1. The van der Waals surface area contributed by atoms with E-state index in [4.69, 9.17) is 9.84 Å². The highest BCUT2D eigenvalue weighted by Crippen LogP contribution is 2.23. The van der Waals surface area contributed by atoms with Crippen molar-refractivity contribution < 1.29 is 14.6 Å². The van der Waals surface area contributed by atoms with E-state index in [1.807, 2.05) is 25.1 Å². The number of ether oxygens (including phenoxy) is 1. The van der Waals surface area contributed by atoms with Crippen LogP contribution in [0, 0.1) is 6.92 Å². The van der Waals surface area contributed by atoms with Crippen LogP contribution in [-0.2, 0) is 4.79 Å². The molecule has 1 aromatic carbocycles. The van der Waals surface area contributed by atoms with Gasteiger partial charge in [-0.25, -0.2) is 0 Å². The van der Waals surface area contributed by atoms with Crippen molar-refractivity contribution in [3.63, 3.8) is 0 Å². The van der Waals surface area contributed by atoms with Crippen LogP contribution in [0.25, 0.3) is 0 Å². The van der Waals surface area contributed by atoms with Crippen LogP contribution >= 0.6 is 0 Å². The maximum absolute atomic E-state index is 10.8. The highest BCUT2D eigenvalue weighted by molar-refractivity contribution is 5.73. The normalized spacial score (nSPS) is 12.5. The van der Waals surface area contributed by atoms with Crippen LogP contribution in [0.2, 0.25) is 0 Å². The number of benzene rings is 1. The van der Waals surface area contributed by atoms with E-state index in [2.05, 4.69) is 19.2 Å². The summed E-state index contributed by atoms with van der Waals surface area (Å²) in [6, 6.07) is 5.18. The van der Waals surface area contributed by atoms with Crippen LogP contribution in [0.1, 0.15) is 30.9 Å². The van der Waals surface area contributed by atoms with E-state index < -0.39 is 12.0 Å². The second-order valence-corrected chi connectivity index (χ2v) is 4.66. The van der Waals surface area contributed by atoms with Crippen molar-refractivity contribution in [2.45, 2.75) is 32.7 Å². The Hall–Kier alpha value is -1.55. The first-order valence-corrected chi connectivity index (χ1v) is 6.09. The van der Waals surface area contributed by atoms with Crippen molar-refractivity contribution >= 4 is 5.97 Å². The first kappa shape index (κ1) is 14.5. The number of aryl methyl sites for hydroxylation is 1. The fourth-order valence-corrected chi connectivity index (χ4v) is 1.84. The molecule has 4 heteroatoms. The van der Waals surface area contributed by atoms with Crippen molar-refractivity contribution in [1.29, 1.82) is 0 Å². The highest BCUT2D eigenvalue weighted by atomic mass is 16.5. The molecule has 0 amide bonds. The van der Waals surface area contributed by atoms with Crippen molar-refractivity contribution in [1.82, 2.24) is 5.32 Å². The van der Waals surface area contributed by atoms with E-state index in [0.29, 0.717) is 11.7 Å². The predicted octanol–water partition coefficient (Wildman–Crippen LogP) is 2.17. The van der Waals surface area contributed by atoms with E-state index in [-0.39, 0.29) is 6.61 Å². The summed E-state index contributed by atoms with van der Waals surface area (Å²) in [5.41, 5.74) is 2.45. The Morgan fingerprint density at radius 3 is 2.56 bits per heavy atom. The van der Waals surface area contributed by atoms with Crippen LogP contribution in [0.3, 0.4) is 0 Å². The lowest BCUT2D eigenvalue weighted by molar-refractivity contribution is -0.140. The molecular weight excluding hydrogens is 230 g/mol. The van der Waals surface area contributed by atoms with E-state index in [9.17, 15) is 4.79 Å². The second-order valence-electron chi connectivity index (χ2n) is 4.66. The third-order valence-corrected chi connectivity index (χ3v) is 2.93. The Morgan fingerprint density at radius 1 is 1.44 bits per heavy atom. The monoisotopic (exact) mass is 251 g/mol. The minimum absolute atomic E-state index is 0.117. The first-order chi connectivity index (χ1) is 8.45. The van der Waals surface area contributed by atoms with E-state index in [1.54, 1.807) is 7.05 Å². The third-order valence-electron chi connectivity index (χ3n) is 2.93. The minimum Gasteiger partial charge on any atom is -0.491 e. The first-order valence-electron chi connectivity index (χ1n) is 6.09. The van der Waals surface area contributed by atoms with Crippen molar-refractivity contribution in [2.24, 2.45) is 0 Å². The van der Waals surface area contributed by atoms with Gasteiger partial charge in [0, 0.05) is 0 Å². The van der Waals surface area contributed by atoms with Gasteiger partial charge in [-0.15, -0.1) is 0 Å². The average molecular weight is 251 g/mol. The van der Waals surface area contributed by atoms with E-state index >= 15 is 0 Å². The van der Waals surface area contributed by atoms with Gasteiger partial charge in [-0.05, 0) is 43.1 Å². The van der Waals surface area contributed by atoms with Gasteiger partial charge in [-0.1, -0.05) is 19.9 Å². The molecule has 0 aliphatic carbocycles. The summed E-state index contributed by atoms with van der Waals surface area (Å²) in [5, 5.41) is 11.6. The molecule has 0 spiro atoms. The second kappa shape index (κ2) is 6.40. The van der Waals surface area contributed by atoms with Gasteiger partial charge in [0.05, 0.1) is 0 Å². The fourth-order valence-electron chi connectivity index (χ4n) is 1.84. The lowest BCUT2D eigenvalue weighted by atomic mass is 9.98. The zero-order chi connectivity index (χ0) is 13.7. The molecule has 2 N–H and O–H groups in total. The molecule has 0 fully saturated rings. The summed E-state index contributed by atoms with van der Waals surface area (Å²) in [6.07, 6.45) is 0. The zero-order valence-corrected chi connectivity index (χ0v) is 11.4. The Kier molecular flexibility index (Phi) is 5.16. The molecule has 100 valence electrons. The average Bonchev–Trinajstić information content (AvgIpc) is 2.28. The molecule has 1 rings (SSSR count). The van der Waals surface area contributed by atoms with Crippen LogP contribution in [-0.4, -0.2) is 30.8 Å². The maximum Gasteiger partial charge on any atom is 0.324 e. The molecular formula is C14H21NO3.